The molecule has 3 heterocycles. The minimum Gasteiger partial charge on any atom is -0.469 e. The summed E-state index contributed by atoms with van der Waals surface area (Å²) in [5.41, 5.74) is 1.65. The molecule has 168 valence electrons. The summed E-state index contributed by atoms with van der Waals surface area (Å²) in [6.07, 6.45) is 2.40. The van der Waals surface area contributed by atoms with Gasteiger partial charge in [0.05, 0.1) is 23.9 Å². The number of aromatic nitrogens is 1. The molecule has 2 N–H and O–H groups in total. The predicted octanol–water partition coefficient (Wildman–Crippen LogP) is 3.76. The number of thiazole rings is 1. The summed E-state index contributed by atoms with van der Waals surface area (Å²) < 4.78 is 31.7. The molecule has 2 amide bonds. The van der Waals surface area contributed by atoms with E-state index in [-0.39, 0.29) is 24.2 Å². The maximum Gasteiger partial charge on any atom is 0.260 e. The molecular formula is C22H22F2N4O3S. The molecule has 10 heteroatoms. The van der Waals surface area contributed by atoms with Crippen LogP contribution in [0.2, 0.25) is 0 Å². The van der Waals surface area contributed by atoms with E-state index in [1.54, 1.807) is 24.4 Å². The molecule has 1 aliphatic rings. The number of anilines is 2. The Kier molecular flexibility index (Phi) is 6.50. The first kappa shape index (κ1) is 21.9. The van der Waals surface area contributed by atoms with Gasteiger partial charge in [-0.15, -0.1) is 11.3 Å². The Labute approximate surface area is 187 Å². The summed E-state index contributed by atoms with van der Waals surface area (Å²) in [5, 5.41) is 7.76. The van der Waals surface area contributed by atoms with Crippen molar-refractivity contribution in [3.63, 3.8) is 0 Å². The molecule has 3 aromatic rings. The first-order valence-corrected chi connectivity index (χ1v) is 11.0. The van der Waals surface area contributed by atoms with Crippen molar-refractivity contribution in [2.24, 2.45) is 5.92 Å². The Morgan fingerprint density at radius 2 is 2.12 bits per heavy atom. The highest BCUT2D eigenvalue weighted by Gasteiger charge is 2.24. The van der Waals surface area contributed by atoms with Crippen LogP contribution in [0.25, 0.3) is 0 Å². The van der Waals surface area contributed by atoms with Crippen LogP contribution in [0.5, 0.6) is 0 Å². The fourth-order valence-electron chi connectivity index (χ4n) is 3.63. The molecule has 32 heavy (non-hydrogen) atoms. The first-order valence-electron chi connectivity index (χ1n) is 10.2. The van der Waals surface area contributed by atoms with Crippen LogP contribution >= 0.6 is 11.3 Å². The van der Waals surface area contributed by atoms with Crippen molar-refractivity contribution in [3.8, 4) is 0 Å². The average molecular weight is 461 g/mol. The van der Waals surface area contributed by atoms with Gasteiger partial charge in [-0.25, -0.2) is 13.8 Å². The molecule has 1 saturated heterocycles. The minimum atomic E-state index is -0.863. The number of carbonyl (C=O) groups excluding carboxylic acids is 2. The number of hydrogen-bond acceptors (Lipinski definition) is 6. The fourth-order valence-corrected chi connectivity index (χ4v) is 4.34. The molecule has 1 fully saturated rings. The van der Waals surface area contributed by atoms with E-state index in [9.17, 15) is 18.4 Å². The molecule has 0 saturated carbocycles. The molecule has 0 aliphatic carbocycles. The second-order valence-corrected chi connectivity index (χ2v) is 8.53. The number of halogens is 2. The number of rotatable bonds is 7. The van der Waals surface area contributed by atoms with E-state index in [0.717, 1.165) is 19.0 Å². The molecule has 1 aromatic carbocycles. The highest BCUT2D eigenvalue weighted by molar-refractivity contribution is 7.14. The minimum absolute atomic E-state index is 0.108. The summed E-state index contributed by atoms with van der Waals surface area (Å²) in [7, 11) is 0. The van der Waals surface area contributed by atoms with Gasteiger partial charge in [-0.2, -0.15) is 0 Å². The Morgan fingerprint density at radius 1 is 1.28 bits per heavy atom. The first-order chi connectivity index (χ1) is 15.4. The Hall–Kier alpha value is -3.27. The number of benzene rings is 1. The van der Waals surface area contributed by atoms with Gasteiger partial charge >= 0.3 is 0 Å². The molecular weight excluding hydrogens is 438 g/mol. The Bertz CT molecular complexity index is 1130. The summed E-state index contributed by atoms with van der Waals surface area (Å²) in [5.74, 6) is -1.46. The van der Waals surface area contributed by atoms with Crippen molar-refractivity contribution >= 4 is 34.0 Å². The maximum absolute atomic E-state index is 13.5. The van der Waals surface area contributed by atoms with Crippen LogP contribution in [-0.4, -0.2) is 36.4 Å². The summed E-state index contributed by atoms with van der Waals surface area (Å²) >= 11 is 1.25. The van der Waals surface area contributed by atoms with Gasteiger partial charge in [0, 0.05) is 36.8 Å². The van der Waals surface area contributed by atoms with Crippen LogP contribution in [0.3, 0.4) is 0 Å². The van der Waals surface area contributed by atoms with Crippen molar-refractivity contribution < 1.29 is 22.8 Å². The zero-order valence-corrected chi connectivity index (χ0v) is 18.2. The lowest BCUT2D eigenvalue weighted by Crippen LogP contribution is -2.32. The SMILES string of the molecule is Cc1occc1C(=O)Nc1nc(CC(=O)NCC2CCN(c3ccc(F)c(F)c3)C2)cs1. The normalized spacial score (nSPS) is 15.7. The number of hydrogen-bond donors (Lipinski definition) is 2. The molecule has 4 rings (SSSR count). The number of furan rings is 1. The van der Waals surface area contributed by atoms with E-state index in [2.05, 4.69) is 15.6 Å². The van der Waals surface area contributed by atoms with E-state index in [1.807, 2.05) is 4.90 Å². The summed E-state index contributed by atoms with van der Waals surface area (Å²) in [6.45, 7) is 3.57. The molecule has 0 spiro atoms. The van der Waals surface area contributed by atoms with Gasteiger partial charge < -0.3 is 14.6 Å². The van der Waals surface area contributed by atoms with Crippen molar-refractivity contribution in [2.45, 2.75) is 19.8 Å². The van der Waals surface area contributed by atoms with Gasteiger partial charge in [-0.05, 0) is 37.5 Å². The summed E-state index contributed by atoms with van der Waals surface area (Å²) in [4.78, 5) is 30.8. The standard InChI is InChI=1S/C22H22F2N4O3S/c1-13-17(5-7-31-13)21(30)27-22-26-15(12-32-22)8-20(29)25-10-14-4-6-28(11-14)16-2-3-18(23)19(24)9-16/h2-3,5,7,9,12,14H,4,6,8,10-11H2,1H3,(H,25,29)(H,26,27,30). The van der Waals surface area contributed by atoms with Gasteiger partial charge in [-0.1, -0.05) is 0 Å². The lowest BCUT2D eigenvalue weighted by Gasteiger charge is -2.19. The molecule has 0 radical (unpaired) electrons. The third-order valence-corrected chi connectivity index (χ3v) is 6.17. The van der Waals surface area contributed by atoms with E-state index in [0.29, 0.717) is 40.9 Å². The van der Waals surface area contributed by atoms with Crippen LogP contribution in [0.4, 0.5) is 19.6 Å². The molecule has 1 aliphatic heterocycles. The quantitative estimate of drug-likeness (QED) is 0.561. The number of amides is 2. The van der Waals surface area contributed by atoms with Crippen molar-refractivity contribution in [1.29, 1.82) is 0 Å². The zero-order valence-electron chi connectivity index (χ0n) is 17.4. The number of nitrogens with zero attached hydrogens (tertiary/aromatic N) is 2. The summed E-state index contributed by atoms with van der Waals surface area (Å²) in [6, 6.07) is 5.47. The van der Waals surface area contributed by atoms with Crippen molar-refractivity contribution in [1.82, 2.24) is 10.3 Å². The van der Waals surface area contributed by atoms with Gasteiger partial charge in [0.1, 0.15) is 5.76 Å². The van der Waals surface area contributed by atoms with Gasteiger partial charge in [0.15, 0.2) is 16.8 Å². The largest absolute Gasteiger partial charge is 0.469 e. The van der Waals surface area contributed by atoms with Crippen LogP contribution in [0.1, 0.15) is 28.2 Å². The monoisotopic (exact) mass is 460 g/mol. The highest BCUT2D eigenvalue weighted by atomic mass is 32.1. The Balaban J connectivity index is 1.23. The van der Waals surface area contributed by atoms with Crippen LogP contribution in [0.15, 0.2) is 40.3 Å². The second kappa shape index (κ2) is 9.47. The molecule has 1 unspecified atom stereocenters. The maximum atomic E-state index is 13.5. The average Bonchev–Trinajstić information content (AvgIpc) is 3.50. The van der Waals surface area contributed by atoms with Gasteiger partial charge in [-0.3, -0.25) is 14.9 Å². The zero-order chi connectivity index (χ0) is 22.7. The molecule has 1 atom stereocenters. The number of aryl methyl sites for hydroxylation is 1. The van der Waals surface area contributed by atoms with Crippen LogP contribution < -0.4 is 15.5 Å². The highest BCUT2D eigenvalue weighted by Crippen LogP contribution is 2.25. The lowest BCUT2D eigenvalue weighted by molar-refractivity contribution is -0.120. The van der Waals surface area contributed by atoms with E-state index in [1.165, 1.54) is 23.7 Å². The predicted molar refractivity (Wildman–Crippen MR) is 117 cm³/mol. The fraction of sp³-hybridized carbons (Fsp3) is 0.318. The lowest BCUT2D eigenvalue weighted by atomic mass is 10.1. The molecule has 0 bridgehead atoms. The van der Waals surface area contributed by atoms with E-state index >= 15 is 0 Å². The van der Waals surface area contributed by atoms with E-state index in [4.69, 9.17) is 4.42 Å². The number of carbonyl (C=O) groups is 2. The van der Waals surface area contributed by atoms with Gasteiger partial charge in [0.25, 0.3) is 5.91 Å². The van der Waals surface area contributed by atoms with Crippen LogP contribution in [-0.2, 0) is 11.2 Å². The third kappa shape index (κ3) is 5.13. The Morgan fingerprint density at radius 3 is 2.88 bits per heavy atom. The van der Waals surface area contributed by atoms with E-state index < -0.39 is 11.6 Å². The topological polar surface area (TPSA) is 87.5 Å². The molecule has 7 nitrogen and oxygen atoms in total. The van der Waals surface area contributed by atoms with Crippen LogP contribution in [0, 0.1) is 24.5 Å². The van der Waals surface area contributed by atoms with Crippen molar-refractivity contribution in [2.75, 3.05) is 29.9 Å². The second-order valence-electron chi connectivity index (χ2n) is 7.67. The van der Waals surface area contributed by atoms with Gasteiger partial charge in [0.2, 0.25) is 5.91 Å². The third-order valence-electron chi connectivity index (χ3n) is 5.36. The molecule has 2 aromatic heterocycles. The number of nitrogens with one attached hydrogen (secondary N) is 2. The van der Waals surface area contributed by atoms with Crippen molar-refractivity contribution in [3.05, 3.63) is 64.6 Å². The smallest absolute Gasteiger partial charge is 0.260 e.